The summed E-state index contributed by atoms with van der Waals surface area (Å²) in [5.74, 6) is 0. The van der Waals surface area contributed by atoms with Gasteiger partial charge in [-0.3, -0.25) is 0 Å². The van der Waals surface area contributed by atoms with Crippen molar-refractivity contribution >= 4 is 16.4 Å². The minimum Gasteiger partial charge on any atom is -0.398 e. The predicted octanol–water partition coefficient (Wildman–Crippen LogP) is 5.50. The minimum absolute atomic E-state index is 0.132. The fraction of sp³-hybridized carbons (Fsp3) is 0.812. The van der Waals surface area contributed by atoms with Crippen LogP contribution in [0.3, 0.4) is 0 Å². The van der Waals surface area contributed by atoms with E-state index in [-0.39, 0.29) is 5.04 Å². The van der Waals surface area contributed by atoms with Crippen molar-refractivity contribution in [2.24, 2.45) is 0 Å². The summed E-state index contributed by atoms with van der Waals surface area (Å²) in [6, 6.07) is 2.30. The summed E-state index contributed by atoms with van der Waals surface area (Å²) in [6.07, 6.45) is 1.59. The smallest absolute Gasteiger partial charge is 0.194 e. The number of hydrogen-bond acceptors (Lipinski definition) is 2. The third-order valence-corrected chi connectivity index (χ3v) is 14.3. The molecular weight excluding hydrogens is 278 g/mol. The molecular formula is C16H33NOSi2. The lowest BCUT2D eigenvalue weighted by molar-refractivity contribution is 0.273. The van der Waals surface area contributed by atoms with Crippen LogP contribution >= 0.6 is 0 Å². The van der Waals surface area contributed by atoms with Gasteiger partial charge < -0.3 is 4.43 Å². The molecule has 0 amide bonds. The molecule has 0 aliphatic carbocycles. The van der Waals surface area contributed by atoms with Gasteiger partial charge in [0.25, 0.3) is 0 Å². The molecule has 0 bridgehead atoms. The van der Waals surface area contributed by atoms with Gasteiger partial charge >= 0.3 is 0 Å². The topological polar surface area (TPSA) is 33.0 Å². The molecule has 0 aromatic rings. The number of nitrogens with zero attached hydrogens (tertiary/aromatic N) is 1. The van der Waals surface area contributed by atoms with Crippen LogP contribution in [0, 0.1) is 11.3 Å². The third-order valence-electron chi connectivity index (χ3n) is 4.98. The van der Waals surface area contributed by atoms with E-state index in [1.165, 1.54) is 0 Å². The Kier molecular flexibility index (Phi) is 6.05. The van der Waals surface area contributed by atoms with Crippen molar-refractivity contribution in [1.29, 1.82) is 5.26 Å². The van der Waals surface area contributed by atoms with Crippen molar-refractivity contribution in [2.45, 2.75) is 83.9 Å². The minimum atomic E-state index is -1.89. The van der Waals surface area contributed by atoms with Crippen LogP contribution in [0.5, 0.6) is 0 Å². The van der Waals surface area contributed by atoms with E-state index in [4.69, 9.17) is 4.43 Å². The Morgan fingerprint density at radius 2 is 1.40 bits per heavy atom. The molecule has 0 radical (unpaired) electrons. The Hall–Kier alpha value is -0.376. The van der Waals surface area contributed by atoms with Crippen LogP contribution in [0.4, 0.5) is 0 Å². The molecule has 0 heterocycles. The van der Waals surface area contributed by atoms with Crippen LogP contribution in [0.15, 0.2) is 11.8 Å². The van der Waals surface area contributed by atoms with Crippen molar-refractivity contribution < 1.29 is 4.43 Å². The molecule has 0 aliphatic rings. The molecule has 4 heteroatoms. The molecule has 1 atom stereocenters. The van der Waals surface area contributed by atoms with Gasteiger partial charge in [-0.25, -0.2) is 0 Å². The molecule has 0 fully saturated rings. The molecule has 2 nitrogen and oxygen atoms in total. The number of nitriles is 1. The molecule has 116 valence electrons. The van der Waals surface area contributed by atoms with Crippen LogP contribution in [0.1, 0.15) is 41.5 Å². The zero-order valence-corrected chi connectivity index (χ0v) is 17.1. The van der Waals surface area contributed by atoms with Gasteiger partial charge in [0.1, 0.15) is 0 Å². The lowest BCUT2D eigenvalue weighted by Gasteiger charge is -2.37. The first-order valence-corrected chi connectivity index (χ1v) is 13.4. The quantitative estimate of drug-likeness (QED) is 0.642. The van der Waals surface area contributed by atoms with Gasteiger partial charge in [0, 0.05) is 0 Å². The zero-order valence-electron chi connectivity index (χ0n) is 15.1. The van der Waals surface area contributed by atoms with Crippen molar-refractivity contribution in [1.82, 2.24) is 0 Å². The van der Waals surface area contributed by atoms with Crippen LogP contribution in [-0.4, -0.2) is 22.5 Å². The maximum atomic E-state index is 9.37. The predicted molar refractivity (Wildman–Crippen MR) is 94.0 cm³/mol. The highest BCUT2D eigenvalue weighted by atomic mass is 28.4. The van der Waals surface area contributed by atoms with Gasteiger partial charge in [-0.15, -0.1) is 0 Å². The number of rotatable bonds is 4. The highest BCUT2D eigenvalue weighted by Gasteiger charge is 2.39. The molecule has 0 aliphatic heterocycles. The molecule has 0 N–H and O–H groups in total. The maximum absolute atomic E-state index is 9.37. The lowest BCUT2D eigenvalue weighted by atomic mass is 10.2. The van der Waals surface area contributed by atoms with Crippen LogP contribution < -0.4 is 0 Å². The van der Waals surface area contributed by atoms with Crippen molar-refractivity contribution in [3.8, 4) is 6.07 Å². The summed E-state index contributed by atoms with van der Waals surface area (Å²) in [6.45, 7) is 22.5. The average molecular weight is 312 g/mol. The summed E-state index contributed by atoms with van der Waals surface area (Å²) in [5, 5.41) is 9.79. The van der Waals surface area contributed by atoms with E-state index in [0.717, 1.165) is 0 Å². The van der Waals surface area contributed by atoms with Crippen LogP contribution in [-0.2, 0) is 4.43 Å². The standard InChI is InChI=1S/C16H33NOSi2/c1-15(2,3)19(7,8)12-11-14(13-17)18-20(9,10)16(4,5)6/h11-12,14H,1-10H3/b12-11+/t14-/m0/s1. The van der Waals surface area contributed by atoms with Gasteiger partial charge in [0.05, 0.1) is 14.1 Å². The Labute approximate surface area is 128 Å². The van der Waals surface area contributed by atoms with E-state index < -0.39 is 22.5 Å². The number of hydrogen-bond donors (Lipinski definition) is 0. The maximum Gasteiger partial charge on any atom is 0.194 e. The second kappa shape index (κ2) is 6.17. The fourth-order valence-corrected chi connectivity index (χ4v) is 3.46. The highest BCUT2D eigenvalue weighted by Crippen LogP contribution is 2.38. The SMILES string of the molecule is CC(C)(C)[Si](C)(C)/C=C/[C@@H](C#N)O[Si](C)(C)C(C)(C)C. The van der Waals surface area contributed by atoms with Gasteiger partial charge in [-0.1, -0.05) is 66.4 Å². The van der Waals surface area contributed by atoms with Gasteiger partial charge in [0.15, 0.2) is 14.4 Å². The molecule has 0 aromatic carbocycles. The van der Waals surface area contributed by atoms with Crippen LogP contribution in [0.2, 0.25) is 36.3 Å². The molecule has 0 saturated carbocycles. The van der Waals surface area contributed by atoms with Crippen LogP contribution in [0.25, 0.3) is 0 Å². The largest absolute Gasteiger partial charge is 0.398 e. The average Bonchev–Trinajstić information content (AvgIpc) is 2.20. The van der Waals surface area contributed by atoms with Gasteiger partial charge in [-0.05, 0) is 23.2 Å². The highest BCUT2D eigenvalue weighted by molar-refractivity contribution is 6.84. The first-order valence-electron chi connectivity index (χ1n) is 7.41. The molecule has 0 unspecified atom stereocenters. The van der Waals surface area contributed by atoms with Crippen molar-refractivity contribution in [3.63, 3.8) is 0 Å². The third kappa shape index (κ3) is 5.19. The molecule has 0 spiro atoms. The summed E-state index contributed by atoms with van der Waals surface area (Å²) < 4.78 is 6.17. The summed E-state index contributed by atoms with van der Waals surface area (Å²) in [5.41, 5.74) is 2.27. The fourth-order valence-electron chi connectivity index (χ4n) is 1.18. The van der Waals surface area contributed by atoms with E-state index in [0.29, 0.717) is 5.04 Å². The van der Waals surface area contributed by atoms with E-state index in [2.05, 4.69) is 79.5 Å². The first-order chi connectivity index (χ1) is 8.64. The van der Waals surface area contributed by atoms with E-state index in [9.17, 15) is 5.26 Å². The Balaban J connectivity index is 5.06. The van der Waals surface area contributed by atoms with E-state index in [1.807, 2.05) is 6.08 Å². The normalized spacial score (nSPS) is 16.2. The molecule has 0 saturated heterocycles. The zero-order chi connectivity index (χ0) is 16.4. The Morgan fingerprint density at radius 3 is 1.70 bits per heavy atom. The Bertz CT molecular complexity index is 392. The summed E-state index contributed by atoms with van der Waals surface area (Å²) in [7, 11) is -3.39. The lowest BCUT2D eigenvalue weighted by Crippen LogP contribution is -2.43. The van der Waals surface area contributed by atoms with Crippen molar-refractivity contribution in [3.05, 3.63) is 11.8 Å². The van der Waals surface area contributed by atoms with Gasteiger partial charge in [-0.2, -0.15) is 5.26 Å². The molecule has 0 rings (SSSR count). The molecule has 20 heavy (non-hydrogen) atoms. The summed E-state index contributed by atoms with van der Waals surface area (Å²) in [4.78, 5) is 0. The van der Waals surface area contributed by atoms with Crippen molar-refractivity contribution in [2.75, 3.05) is 0 Å². The van der Waals surface area contributed by atoms with Gasteiger partial charge in [0.2, 0.25) is 0 Å². The molecule has 0 aromatic heterocycles. The van der Waals surface area contributed by atoms with E-state index in [1.54, 1.807) is 0 Å². The second-order valence-corrected chi connectivity index (χ2v) is 18.8. The van der Waals surface area contributed by atoms with E-state index >= 15 is 0 Å². The second-order valence-electron chi connectivity index (χ2n) is 8.76. The Morgan fingerprint density at radius 1 is 0.950 bits per heavy atom. The first kappa shape index (κ1) is 19.6. The monoisotopic (exact) mass is 311 g/mol. The summed E-state index contributed by atoms with van der Waals surface area (Å²) >= 11 is 0.